The molecule has 1 amide bonds. The summed E-state index contributed by atoms with van der Waals surface area (Å²) in [7, 11) is 0. The predicted octanol–water partition coefficient (Wildman–Crippen LogP) is 2.69. The molecule has 7 nitrogen and oxygen atoms in total. The van der Waals surface area contributed by atoms with Crippen LogP contribution in [-0.4, -0.2) is 32.8 Å². The fourth-order valence-electron chi connectivity index (χ4n) is 2.50. The number of carbonyl (C=O) groups is 2. The molecule has 3 rings (SSSR count). The number of hydrogen-bond donors (Lipinski definition) is 2. The van der Waals surface area contributed by atoms with Crippen molar-refractivity contribution >= 4 is 22.8 Å². The quantitative estimate of drug-likeness (QED) is 0.692. The number of nitrogens with zero attached hydrogens (tertiary/aromatic N) is 2. The van der Waals surface area contributed by atoms with Crippen LogP contribution in [0.4, 0.5) is 0 Å². The summed E-state index contributed by atoms with van der Waals surface area (Å²) in [5.41, 5.74) is 2.01. The summed E-state index contributed by atoms with van der Waals surface area (Å²) < 4.78 is 5.58. The topological polar surface area (TPSA) is 105 Å². The van der Waals surface area contributed by atoms with Gasteiger partial charge in [-0.25, -0.2) is 4.98 Å². The number of Topliss-reactive ketones (excluding diaryl/α,β-unsaturated/α-hetero) is 1. The molecule has 2 N–H and O–H groups in total. The number of phenolic OH excluding ortho intramolecular Hbond substituents is 1. The van der Waals surface area contributed by atoms with E-state index in [0.29, 0.717) is 28.2 Å². The van der Waals surface area contributed by atoms with Gasteiger partial charge in [0, 0.05) is 37.2 Å². The lowest BCUT2D eigenvalue weighted by Crippen LogP contribution is -2.32. The van der Waals surface area contributed by atoms with E-state index in [1.165, 1.54) is 25.3 Å². The number of hydrogen-bond acceptors (Lipinski definition) is 6. The van der Waals surface area contributed by atoms with Gasteiger partial charge in [0.25, 0.3) is 0 Å². The highest BCUT2D eigenvalue weighted by molar-refractivity contribution is 5.96. The number of ketones is 1. The third kappa shape index (κ3) is 3.82. The van der Waals surface area contributed by atoms with Crippen LogP contribution < -0.4 is 5.32 Å². The van der Waals surface area contributed by atoms with E-state index in [1.807, 2.05) is 0 Å². The molecule has 0 saturated carbocycles. The lowest BCUT2D eigenvalue weighted by atomic mass is 10.1. The predicted molar refractivity (Wildman–Crippen MR) is 91.1 cm³/mol. The van der Waals surface area contributed by atoms with Crippen molar-refractivity contribution in [2.45, 2.75) is 26.3 Å². The van der Waals surface area contributed by atoms with Crippen molar-refractivity contribution in [2.75, 3.05) is 0 Å². The van der Waals surface area contributed by atoms with Gasteiger partial charge >= 0.3 is 0 Å². The fourth-order valence-corrected chi connectivity index (χ4v) is 2.50. The Labute approximate surface area is 143 Å². The van der Waals surface area contributed by atoms with Gasteiger partial charge in [0.15, 0.2) is 11.4 Å². The Morgan fingerprint density at radius 1 is 1.28 bits per heavy atom. The highest BCUT2D eigenvalue weighted by Crippen LogP contribution is 2.25. The molecule has 0 aliphatic heterocycles. The van der Waals surface area contributed by atoms with E-state index in [9.17, 15) is 14.7 Å². The minimum atomic E-state index is -0.241. The molecular formula is C18H17N3O4. The van der Waals surface area contributed by atoms with Crippen molar-refractivity contribution in [3.05, 3.63) is 42.1 Å². The lowest BCUT2D eigenvalue weighted by Gasteiger charge is -2.11. The zero-order valence-corrected chi connectivity index (χ0v) is 13.8. The van der Waals surface area contributed by atoms with Gasteiger partial charge in [-0.1, -0.05) is 0 Å². The maximum absolute atomic E-state index is 12.2. The van der Waals surface area contributed by atoms with E-state index < -0.39 is 0 Å². The van der Waals surface area contributed by atoms with E-state index >= 15 is 0 Å². The zero-order chi connectivity index (χ0) is 18.0. The van der Waals surface area contributed by atoms with Crippen LogP contribution in [0, 0.1) is 0 Å². The van der Waals surface area contributed by atoms with E-state index in [-0.39, 0.29) is 29.9 Å². The second-order valence-electron chi connectivity index (χ2n) is 5.83. The highest BCUT2D eigenvalue weighted by atomic mass is 16.3. The summed E-state index contributed by atoms with van der Waals surface area (Å²) in [6, 6.07) is 7.72. The zero-order valence-electron chi connectivity index (χ0n) is 13.8. The van der Waals surface area contributed by atoms with Gasteiger partial charge in [-0.15, -0.1) is 0 Å². The van der Waals surface area contributed by atoms with Gasteiger partial charge in [0.2, 0.25) is 11.8 Å². The van der Waals surface area contributed by atoms with Crippen molar-refractivity contribution in [3.8, 4) is 17.3 Å². The smallest absolute Gasteiger partial charge is 0.246 e. The largest absolute Gasteiger partial charge is 0.508 e. The van der Waals surface area contributed by atoms with Crippen LogP contribution in [-0.2, 0) is 4.79 Å². The van der Waals surface area contributed by atoms with Crippen molar-refractivity contribution in [2.24, 2.45) is 0 Å². The first-order valence-electron chi connectivity index (χ1n) is 7.78. The molecule has 3 aromatic rings. The molecule has 0 fully saturated rings. The third-order valence-electron chi connectivity index (χ3n) is 3.62. The molecule has 2 heterocycles. The SMILES string of the molecule is CC(=O)NC(C)CC(=O)c1ccc(-c2nc3ccc(O)cc3o2)nc1. The first kappa shape index (κ1) is 16.6. The van der Waals surface area contributed by atoms with Crippen LogP contribution in [0.1, 0.15) is 30.6 Å². The van der Waals surface area contributed by atoms with E-state index in [2.05, 4.69) is 15.3 Å². The van der Waals surface area contributed by atoms with Gasteiger partial charge in [0.05, 0.1) is 0 Å². The number of phenols is 1. The average molecular weight is 339 g/mol. The number of carbonyl (C=O) groups excluding carboxylic acids is 2. The number of fused-ring (bicyclic) bond motifs is 1. The van der Waals surface area contributed by atoms with Crippen LogP contribution in [0.15, 0.2) is 40.9 Å². The van der Waals surface area contributed by atoms with Crippen molar-refractivity contribution in [3.63, 3.8) is 0 Å². The van der Waals surface area contributed by atoms with Crippen molar-refractivity contribution in [1.29, 1.82) is 0 Å². The van der Waals surface area contributed by atoms with E-state index in [1.54, 1.807) is 25.1 Å². The number of pyridine rings is 1. The first-order valence-corrected chi connectivity index (χ1v) is 7.78. The summed E-state index contributed by atoms with van der Waals surface area (Å²) >= 11 is 0. The first-order chi connectivity index (χ1) is 11.9. The number of aromatic nitrogens is 2. The van der Waals surface area contributed by atoms with Crippen LogP contribution in [0.2, 0.25) is 0 Å². The van der Waals surface area contributed by atoms with Gasteiger partial charge in [-0.2, -0.15) is 0 Å². The van der Waals surface area contributed by atoms with Crippen LogP contribution in [0.5, 0.6) is 5.75 Å². The van der Waals surface area contributed by atoms with E-state index in [0.717, 1.165) is 0 Å². The minimum absolute atomic E-state index is 0.0948. The molecule has 1 unspecified atom stereocenters. The van der Waals surface area contributed by atoms with Crippen molar-refractivity contribution < 1.29 is 19.1 Å². The second kappa shape index (κ2) is 6.72. The average Bonchev–Trinajstić information content (AvgIpc) is 2.97. The maximum atomic E-state index is 12.2. The van der Waals surface area contributed by atoms with Crippen molar-refractivity contribution in [1.82, 2.24) is 15.3 Å². The van der Waals surface area contributed by atoms with Gasteiger partial charge in [-0.05, 0) is 31.2 Å². The monoisotopic (exact) mass is 339 g/mol. The summed E-state index contributed by atoms with van der Waals surface area (Å²) in [4.78, 5) is 31.7. The van der Waals surface area contributed by atoms with Crippen LogP contribution >= 0.6 is 0 Å². The molecule has 0 saturated heterocycles. The lowest BCUT2D eigenvalue weighted by molar-refractivity contribution is -0.119. The molecule has 0 radical (unpaired) electrons. The number of nitrogens with one attached hydrogen (secondary N) is 1. The standard InChI is InChI=1S/C18H17N3O4/c1-10(20-11(2)22)7-16(24)12-3-5-15(19-9-12)18-21-14-6-4-13(23)8-17(14)25-18/h3-6,8-10,23H,7H2,1-2H3,(H,20,22). The summed E-state index contributed by atoms with van der Waals surface area (Å²) in [6.07, 6.45) is 1.66. The maximum Gasteiger partial charge on any atom is 0.246 e. The molecule has 0 aliphatic rings. The summed E-state index contributed by atoms with van der Waals surface area (Å²) in [5.74, 6) is 0.127. The van der Waals surface area contributed by atoms with E-state index in [4.69, 9.17) is 4.42 Å². The van der Waals surface area contributed by atoms with Crippen LogP contribution in [0.3, 0.4) is 0 Å². The third-order valence-corrected chi connectivity index (χ3v) is 3.62. The van der Waals surface area contributed by atoms with Gasteiger partial charge in [-0.3, -0.25) is 14.6 Å². The number of benzene rings is 1. The molecule has 25 heavy (non-hydrogen) atoms. The molecule has 128 valence electrons. The van der Waals surface area contributed by atoms with Gasteiger partial charge < -0.3 is 14.8 Å². The Bertz CT molecular complexity index is 931. The number of amides is 1. The second-order valence-corrected chi connectivity index (χ2v) is 5.83. The summed E-state index contributed by atoms with van der Waals surface area (Å²) in [6.45, 7) is 3.19. The Balaban J connectivity index is 1.76. The molecule has 1 aromatic carbocycles. The Morgan fingerprint density at radius 2 is 2.08 bits per heavy atom. The number of rotatable bonds is 5. The summed E-state index contributed by atoms with van der Waals surface area (Å²) in [5, 5.41) is 12.1. The Kier molecular flexibility index (Phi) is 4.47. The number of aromatic hydroxyl groups is 1. The minimum Gasteiger partial charge on any atom is -0.508 e. The molecule has 0 aliphatic carbocycles. The molecule has 0 bridgehead atoms. The Hall–Kier alpha value is -3.22. The van der Waals surface area contributed by atoms with Crippen LogP contribution in [0.25, 0.3) is 22.7 Å². The molecule has 1 atom stereocenters. The molecule has 0 spiro atoms. The Morgan fingerprint density at radius 3 is 2.76 bits per heavy atom. The number of oxazole rings is 1. The molecular weight excluding hydrogens is 322 g/mol. The normalized spacial score (nSPS) is 12.1. The molecule has 2 aromatic heterocycles. The highest BCUT2D eigenvalue weighted by Gasteiger charge is 2.14. The fraction of sp³-hybridized carbons (Fsp3) is 0.222. The van der Waals surface area contributed by atoms with Gasteiger partial charge in [0.1, 0.15) is 17.0 Å². The molecule has 7 heteroatoms.